The fourth-order valence-electron chi connectivity index (χ4n) is 2.62. The molecule has 2 heterocycles. The molecule has 2 saturated heterocycles. The predicted octanol–water partition coefficient (Wildman–Crippen LogP) is -4.92. The van der Waals surface area contributed by atoms with E-state index >= 15 is 0 Å². The number of quaternary nitrogens is 1. The van der Waals surface area contributed by atoms with Crippen LogP contribution in [0.1, 0.15) is 25.7 Å². The van der Waals surface area contributed by atoms with E-state index < -0.39 is 6.10 Å². The number of rotatable bonds is 3. The Morgan fingerprint density at radius 1 is 1.24 bits per heavy atom. The van der Waals surface area contributed by atoms with Crippen molar-refractivity contribution in [3.8, 4) is 0 Å². The summed E-state index contributed by atoms with van der Waals surface area (Å²) in [7, 11) is 0. The number of amides is 2. The van der Waals surface area contributed by atoms with Gasteiger partial charge in [0.1, 0.15) is 12.6 Å². The number of halogens is 1. The summed E-state index contributed by atoms with van der Waals surface area (Å²) in [5.41, 5.74) is 0. The zero-order valence-corrected chi connectivity index (χ0v) is 10.5. The number of carbonyl (C=O) groups excluding carboxylic acids is 2. The molecule has 0 aromatic carbocycles. The van der Waals surface area contributed by atoms with Gasteiger partial charge in [-0.15, -0.1) is 0 Å². The normalized spacial score (nSPS) is 24.3. The van der Waals surface area contributed by atoms with Crippen LogP contribution >= 0.6 is 0 Å². The van der Waals surface area contributed by atoms with Crippen molar-refractivity contribution in [2.24, 2.45) is 5.92 Å². The summed E-state index contributed by atoms with van der Waals surface area (Å²) in [5, 5.41) is 12.3. The van der Waals surface area contributed by atoms with E-state index in [4.69, 9.17) is 0 Å². The highest BCUT2D eigenvalue weighted by atomic mass is 35.5. The molecule has 6 heteroatoms. The summed E-state index contributed by atoms with van der Waals surface area (Å²) >= 11 is 0. The molecule has 0 aromatic rings. The van der Waals surface area contributed by atoms with Gasteiger partial charge in [0.2, 0.25) is 11.8 Å². The summed E-state index contributed by atoms with van der Waals surface area (Å²) < 4.78 is 0. The Bertz CT molecular complexity index is 276. The molecular weight excluding hydrogens is 244 g/mol. The molecule has 98 valence electrons. The van der Waals surface area contributed by atoms with Crippen LogP contribution in [0.2, 0.25) is 0 Å². The molecule has 2 rings (SSSR count). The van der Waals surface area contributed by atoms with Crippen LogP contribution in [-0.2, 0) is 9.59 Å². The lowest BCUT2D eigenvalue weighted by atomic mass is 9.91. The molecule has 2 aliphatic heterocycles. The Labute approximate surface area is 107 Å². The molecule has 0 saturated carbocycles. The molecule has 2 fully saturated rings. The zero-order valence-electron chi connectivity index (χ0n) is 9.75. The van der Waals surface area contributed by atoms with Gasteiger partial charge in [-0.05, 0) is 0 Å². The molecule has 17 heavy (non-hydrogen) atoms. The second kappa shape index (κ2) is 6.33. The molecule has 0 radical (unpaired) electrons. The molecule has 3 N–H and O–H groups in total. The highest BCUT2D eigenvalue weighted by Gasteiger charge is 2.32. The lowest BCUT2D eigenvalue weighted by Gasteiger charge is -2.26. The molecule has 5 nitrogen and oxygen atoms in total. The third kappa shape index (κ3) is 3.94. The maximum atomic E-state index is 11.2. The van der Waals surface area contributed by atoms with Crippen molar-refractivity contribution in [1.82, 2.24) is 5.32 Å². The van der Waals surface area contributed by atoms with Crippen LogP contribution in [0.15, 0.2) is 0 Å². The van der Waals surface area contributed by atoms with Gasteiger partial charge in [0.25, 0.3) is 0 Å². The minimum absolute atomic E-state index is 0. The maximum Gasteiger partial charge on any atom is 0.226 e. The first-order valence-electron chi connectivity index (χ1n) is 5.99. The standard InChI is InChI=1S/C11H18N2O3.ClH/c14-9(7-13-3-1-2-4-13)8-5-10(15)12-11(16)6-8;/h8-9,14H,1-7H2,(H,12,15,16);1H. The Kier molecular flexibility index (Phi) is 5.36. The van der Waals surface area contributed by atoms with E-state index in [2.05, 4.69) is 5.32 Å². The highest BCUT2D eigenvalue weighted by Crippen LogP contribution is 2.17. The first-order chi connectivity index (χ1) is 7.65. The monoisotopic (exact) mass is 262 g/mol. The van der Waals surface area contributed by atoms with Crippen LogP contribution in [0.3, 0.4) is 0 Å². The lowest BCUT2D eigenvalue weighted by molar-refractivity contribution is -0.891. The fourth-order valence-corrected chi connectivity index (χ4v) is 2.62. The van der Waals surface area contributed by atoms with E-state index in [1.165, 1.54) is 17.7 Å². The topological polar surface area (TPSA) is 70.8 Å². The molecule has 0 bridgehead atoms. The van der Waals surface area contributed by atoms with Crippen molar-refractivity contribution in [2.45, 2.75) is 31.8 Å². The first-order valence-corrected chi connectivity index (χ1v) is 5.99. The Morgan fingerprint density at radius 2 is 1.76 bits per heavy atom. The number of hydrogen-bond donors (Lipinski definition) is 3. The third-order valence-electron chi connectivity index (χ3n) is 3.53. The van der Waals surface area contributed by atoms with E-state index in [1.54, 1.807) is 0 Å². The molecule has 2 aliphatic rings. The van der Waals surface area contributed by atoms with Gasteiger partial charge < -0.3 is 22.4 Å². The highest BCUT2D eigenvalue weighted by molar-refractivity contribution is 5.97. The van der Waals surface area contributed by atoms with Crippen molar-refractivity contribution in [1.29, 1.82) is 0 Å². The predicted molar refractivity (Wildman–Crippen MR) is 56.7 cm³/mol. The molecule has 2 amide bonds. The molecule has 1 atom stereocenters. The minimum Gasteiger partial charge on any atom is -1.00 e. The number of hydrogen-bond acceptors (Lipinski definition) is 3. The third-order valence-corrected chi connectivity index (χ3v) is 3.53. The summed E-state index contributed by atoms with van der Waals surface area (Å²) in [6.45, 7) is 2.87. The van der Waals surface area contributed by atoms with Gasteiger partial charge in [0.05, 0.1) is 13.1 Å². The summed E-state index contributed by atoms with van der Waals surface area (Å²) in [4.78, 5) is 23.7. The molecular formula is C11H19ClN2O3. The average Bonchev–Trinajstić information content (AvgIpc) is 2.68. The molecule has 0 aliphatic carbocycles. The van der Waals surface area contributed by atoms with Crippen LogP contribution in [0.4, 0.5) is 0 Å². The zero-order chi connectivity index (χ0) is 11.5. The largest absolute Gasteiger partial charge is 1.00 e. The second-order valence-electron chi connectivity index (χ2n) is 4.87. The molecule has 1 unspecified atom stereocenters. The molecule has 0 spiro atoms. The van der Waals surface area contributed by atoms with Gasteiger partial charge >= 0.3 is 0 Å². The number of aliphatic hydroxyl groups excluding tert-OH is 1. The lowest BCUT2D eigenvalue weighted by Crippen LogP contribution is -3.11. The Balaban J connectivity index is 0.00000144. The minimum atomic E-state index is -0.525. The summed E-state index contributed by atoms with van der Waals surface area (Å²) in [6.07, 6.45) is 2.46. The number of imide groups is 1. The van der Waals surface area contributed by atoms with Crippen LogP contribution in [0.25, 0.3) is 0 Å². The van der Waals surface area contributed by atoms with Crippen molar-refractivity contribution in [3.63, 3.8) is 0 Å². The smallest absolute Gasteiger partial charge is 0.226 e. The fraction of sp³-hybridized carbons (Fsp3) is 0.818. The van der Waals surface area contributed by atoms with Crippen LogP contribution in [-0.4, -0.2) is 42.7 Å². The Hall–Kier alpha value is -0.650. The quantitative estimate of drug-likeness (QED) is 0.447. The van der Waals surface area contributed by atoms with E-state index in [0.717, 1.165) is 13.1 Å². The van der Waals surface area contributed by atoms with Crippen molar-refractivity contribution in [2.75, 3.05) is 19.6 Å². The van der Waals surface area contributed by atoms with Crippen molar-refractivity contribution < 1.29 is 32.0 Å². The van der Waals surface area contributed by atoms with Crippen LogP contribution in [0.5, 0.6) is 0 Å². The number of piperidine rings is 1. The Morgan fingerprint density at radius 3 is 2.29 bits per heavy atom. The number of nitrogens with one attached hydrogen (secondary N) is 2. The second-order valence-corrected chi connectivity index (χ2v) is 4.87. The summed E-state index contributed by atoms with van der Waals surface area (Å²) in [5.74, 6) is -0.692. The van der Waals surface area contributed by atoms with Gasteiger partial charge in [0, 0.05) is 31.6 Å². The SMILES string of the molecule is O=C1CC(C(O)C[NH+]2CCCC2)CC(=O)N1.[Cl-]. The number of aliphatic hydroxyl groups is 1. The van der Waals surface area contributed by atoms with Gasteiger partial charge in [-0.25, -0.2) is 0 Å². The van der Waals surface area contributed by atoms with E-state index in [1.807, 2.05) is 0 Å². The summed E-state index contributed by atoms with van der Waals surface area (Å²) in [6, 6.07) is 0. The van der Waals surface area contributed by atoms with Crippen molar-refractivity contribution >= 4 is 11.8 Å². The van der Waals surface area contributed by atoms with E-state index in [9.17, 15) is 14.7 Å². The first kappa shape index (κ1) is 14.4. The number of likely N-dealkylation sites (tertiary alicyclic amines) is 1. The van der Waals surface area contributed by atoms with E-state index in [-0.39, 0.29) is 43.0 Å². The maximum absolute atomic E-state index is 11.2. The molecule has 0 aromatic heterocycles. The van der Waals surface area contributed by atoms with Crippen molar-refractivity contribution in [3.05, 3.63) is 0 Å². The van der Waals surface area contributed by atoms with E-state index in [0.29, 0.717) is 6.54 Å². The van der Waals surface area contributed by atoms with Crippen LogP contribution in [0, 0.1) is 5.92 Å². The number of carbonyl (C=O) groups is 2. The van der Waals surface area contributed by atoms with Crippen LogP contribution < -0.4 is 22.6 Å². The van der Waals surface area contributed by atoms with Gasteiger partial charge in [-0.2, -0.15) is 0 Å². The van der Waals surface area contributed by atoms with Gasteiger partial charge in [0.15, 0.2) is 0 Å². The average molecular weight is 263 g/mol. The van der Waals surface area contributed by atoms with Gasteiger partial charge in [-0.3, -0.25) is 14.9 Å². The van der Waals surface area contributed by atoms with Gasteiger partial charge in [-0.1, -0.05) is 0 Å².